The number of pyridine rings is 1. The van der Waals surface area contributed by atoms with Gasteiger partial charge in [0.15, 0.2) is 5.82 Å². The van der Waals surface area contributed by atoms with Crippen LogP contribution in [0.4, 0.5) is 23.1 Å². The van der Waals surface area contributed by atoms with Crippen molar-refractivity contribution in [2.24, 2.45) is 0 Å². The van der Waals surface area contributed by atoms with Gasteiger partial charge in [-0.05, 0) is 30.7 Å². The molecule has 1 atom stereocenters. The van der Waals surface area contributed by atoms with E-state index in [1.54, 1.807) is 12.4 Å². The lowest BCUT2D eigenvalue weighted by atomic mass is 10.2. The second-order valence-electron chi connectivity index (χ2n) is 7.13. The van der Waals surface area contributed by atoms with Crippen LogP contribution in [0.5, 0.6) is 0 Å². The fourth-order valence-corrected chi connectivity index (χ4v) is 4.48. The summed E-state index contributed by atoms with van der Waals surface area (Å²) in [6.45, 7) is 0.916. The van der Waals surface area contributed by atoms with Gasteiger partial charge in [-0.3, -0.25) is 10.4 Å². The molecule has 11 heteroatoms. The highest BCUT2D eigenvalue weighted by molar-refractivity contribution is 7.88. The number of hydrogen-bond donors (Lipinski definition) is 3. The van der Waals surface area contributed by atoms with Crippen LogP contribution in [0.3, 0.4) is 0 Å². The van der Waals surface area contributed by atoms with Crippen LogP contribution in [-0.2, 0) is 10.0 Å². The number of hydrogen-bond acceptors (Lipinski definition) is 9. The highest BCUT2D eigenvalue weighted by Gasteiger charge is 2.30. The topological polar surface area (TPSA) is 115 Å². The van der Waals surface area contributed by atoms with E-state index in [1.807, 2.05) is 35.3 Å². The summed E-state index contributed by atoms with van der Waals surface area (Å²) < 4.78 is 24.9. The fraction of sp³-hybridized carbons (Fsp3) is 0.278. The number of nitrogens with zero attached hydrogens (tertiary/aromatic N) is 5. The Labute approximate surface area is 168 Å². The Morgan fingerprint density at radius 1 is 1.24 bits per heavy atom. The van der Waals surface area contributed by atoms with E-state index in [-0.39, 0.29) is 6.04 Å². The van der Waals surface area contributed by atoms with Crippen LogP contribution in [0.25, 0.3) is 10.9 Å². The van der Waals surface area contributed by atoms with Crippen LogP contribution in [0.15, 0.2) is 42.7 Å². The molecule has 5 rings (SSSR count). The molecule has 3 N–H and O–H groups in total. The Morgan fingerprint density at radius 2 is 2.14 bits per heavy atom. The average molecular weight is 412 g/mol. The van der Waals surface area contributed by atoms with E-state index < -0.39 is 10.0 Å². The Bertz CT molecular complexity index is 1190. The molecular weight excluding hydrogens is 392 g/mol. The maximum Gasteiger partial charge on any atom is 0.225 e. The van der Waals surface area contributed by atoms with Crippen LogP contribution >= 0.6 is 0 Å². The molecule has 0 aliphatic carbocycles. The van der Waals surface area contributed by atoms with Crippen LogP contribution in [0.1, 0.15) is 6.42 Å². The lowest BCUT2D eigenvalue weighted by Crippen LogP contribution is -2.32. The zero-order valence-electron chi connectivity index (χ0n) is 15.7. The van der Waals surface area contributed by atoms with Crippen molar-refractivity contribution in [3.8, 4) is 0 Å². The number of aromatic nitrogens is 3. The first kappa shape index (κ1) is 18.0. The summed E-state index contributed by atoms with van der Waals surface area (Å²) in [4.78, 5) is 13.3. The lowest BCUT2D eigenvalue weighted by Gasteiger charge is -2.18. The summed E-state index contributed by atoms with van der Waals surface area (Å²) >= 11 is 0. The largest absolute Gasteiger partial charge is 0.350 e. The van der Waals surface area contributed by atoms with E-state index in [4.69, 9.17) is 0 Å². The molecule has 0 unspecified atom stereocenters. The van der Waals surface area contributed by atoms with Gasteiger partial charge in [0.2, 0.25) is 16.0 Å². The van der Waals surface area contributed by atoms with Crippen LogP contribution < -0.4 is 21.3 Å². The molecule has 0 amide bonds. The minimum absolute atomic E-state index is 0.0229. The highest BCUT2D eigenvalue weighted by Crippen LogP contribution is 2.34. The number of fused-ring (bicyclic) bond motifs is 2. The van der Waals surface area contributed by atoms with Crippen molar-refractivity contribution in [3.05, 3.63) is 42.7 Å². The predicted molar refractivity (Wildman–Crippen MR) is 111 cm³/mol. The van der Waals surface area contributed by atoms with Gasteiger partial charge in [0.1, 0.15) is 5.69 Å². The zero-order valence-corrected chi connectivity index (χ0v) is 16.5. The number of rotatable bonds is 4. The number of benzene rings is 1. The standard InChI is InChI=1S/C18H20N8O2S/c1-29(27,28)25-8-6-13(11-25)21-18-20-10-16-17(22-18)26(24-23-16)14-4-5-15-12(9-14)3-2-7-19-15/h2-5,7,9-10,13,23-24H,6,8,11H2,1H3,(H,20,21,22)/t13-/m1/s1. The van der Waals surface area contributed by atoms with Crippen LogP contribution in [0, 0.1) is 0 Å². The van der Waals surface area contributed by atoms with Gasteiger partial charge in [0, 0.05) is 30.7 Å². The van der Waals surface area contributed by atoms with Gasteiger partial charge in [0.05, 0.1) is 23.7 Å². The fourth-order valence-electron chi connectivity index (χ4n) is 3.59. The monoisotopic (exact) mass is 412 g/mol. The first-order valence-electron chi connectivity index (χ1n) is 9.23. The van der Waals surface area contributed by atoms with Gasteiger partial charge >= 0.3 is 0 Å². The Hall–Kier alpha value is -3.02. The van der Waals surface area contributed by atoms with Crippen molar-refractivity contribution in [1.82, 2.24) is 24.8 Å². The molecule has 3 aromatic rings. The van der Waals surface area contributed by atoms with Crippen molar-refractivity contribution in [3.63, 3.8) is 0 Å². The normalized spacial score (nSPS) is 19.3. The molecule has 0 saturated carbocycles. The van der Waals surface area contributed by atoms with Gasteiger partial charge in [-0.2, -0.15) is 4.98 Å². The van der Waals surface area contributed by atoms with Crippen molar-refractivity contribution >= 4 is 44.1 Å². The number of sulfonamides is 1. The third kappa shape index (κ3) is 3.43. The molecule has 4 heterocycles. The summed E-state index contributed by atoms with van der Waals surface area (Å²) in [5, 5.41) is 6.12. The van der Waals surface area contributed by atoms with Gasteiger partial charge in [-0.15, -0.1) is 5.53 Å². The molecule has 1 saturated heterocycles. The van der Waals surface area contributed by atoms with Gasteiger partial charge in [-0.1, -0.05) is 6.07 Å². The second-order valence-corrected chi connectivity index (χ2v) is 9.12. The first-order chi connectivity index (χ1) is 14.0. The molecule has 2 aliphatic rings. The molecule has 150 valence electrons. The van der Waals surface area contributed by atoms with E-state index in [0.717, 1.165) is 22.3 Å². The van der Waals surface area contributed by atoms with E-state index in [2.05, 4.69) is 31.2 Å². The Morgan fingerprint density at radius 3 is 2.97 bits per heavy atom. The van der Waals surface area contributed by atoms with E-state index >= 15 is 0 Å². The SMILES string of the molecule is CS(=O)(=O)N1CC[C@@H](Nc2ncc3c(n2)N(c2ccc4ncccc4c2)NN3)C1. The summed E-state index contributed by atoms with van der Waals surface area (Å²) in [6.07, 6.45) is 5.41. The number of nitrogens with one attached hydrogen (secondary N) is 3. The molecule has 0 spiro atoms. The summed E-state index contributed by atoms with van der Waals surface area (Å²) in [5.41, 5.74) is 8.75. The predicted octanol–water partition coefficient (Wildman–Crippen LogP) is 1.45. The maximum absolute atomic E-state index is 11.7. The van der Waals surface area contributed by atoms with Gasteiger partial charge in [0.25, 0.3) is 0 Å². The quantitative estimate of drug-likeness (QED) is 0.585. The summed E-state index contributed by atoms with van der Waals surface area (Å²) in [6, 6.07) is 9.85. The van der Waals surface area contributed by atoms with Crippen molar-refractivity contribution in [2.45, 2.75) is 12.5 Å². The van der Waals surface area contributed by atoms with Crippen molar-refractivity contribution < 1.29 is 8.42 Å². The molecule has 2 aromatic heterocycles. The minimum Gasteiger partial charge on any atom is -0.350 e. The van der Waals surface area contributed by atoms with Crippen molar-refractivity contribution in [2.75, 3.05) is 35.1 Å². The third-order valence-electron chi connectivity index (χ3n) is 5.08. The van der Waals surface area contributed by atoms with Crippen molar-refractivity contribution in [1.29, 1.82) is 0 Å². The van der Waals surface area contributed by atoms with Gasteiger partial charge in [-0.25, -0.2) is 22.7 Å². The molecule has 1 fully saturated rings. The Balaban J connectivity index is 1.39. The smallest absolute Gasteiger partial charge is 0.225 e. The molecular formula is C18H20N8O2S. The zero-order chi connectivity index (χ0) is 20.0. The third-order valence-corrected chi connectivity index (χ3v) is 6.35. The van der Waals surface area contributed by atoms with Crippen LogP contribution in [-0.4, -0.2) is 53.1 Å². The summed E-state index contributed by atoms with van der Waals surface area (Å²) in [5.74, 6) is 1.14. The molecule has 0 radical (unpaired) electrons. The molecule has 2 aliphatic heterocycles. The van der Waals surface area contributed by atoms with E-state index in [0.29, 0.717) is 31.3 Å². The van der Waals surface area contributed by atoms with Gasteiger partial charge < -0.3 is 5.32 Å². The highest BCUT2D eigenvalue weighted by atomic mass is 32.2. The molecule has 1 aromatic carbocycles. The Kier molecular flexibility index (Phi) is 4.23. The van der Waals surface area contributed by atoms with E-state index in [1.165, 1.54) is 10.6 Å². The van der Waals surface area contributed by atoms with E-state index in [9.17, 15) is 8.42 Å². The lowest BCUT2D eigenvalue weighted by molar-refractivity contribution is 0.480. The maximum atomic E-state index is 11.7. The molecule has 10 nitrogen and oxygen atoms in total. The average Bonchev–Trinajstić information content (AvgIpc) is 3.34. The molecule has 29 heavy (non-hydrogen) atoms. The summed E-state index contributed by atoms with van der Waals surface area (Å²) in [7, 11) is -3.18. The molecule has 0 bridgehead atoms. The van der Waals surface area contributed by atoms with Crippen LogP contribution in [0.2, 0.25) is 0 Å². The first-order valence-corrected chi connectivity index (χ1v) is 11.1. The second kappa shape index (κ2) is 6.79. The number of hydrazine groups is 2. The number of anilines is 4. The minimum atomic E-state index is -3.18.